The maximum absolute atomic E-state index is 12.1. The van der Waals surface area contributed by atoms with Crippen LogP contribution < -0.4 is 5.32 Å². The second-order valence-corrected chi connectivity index (χ2v) is 4.20. The number of furan rings is 1. The molecule has 0 aliphatic heterocycles. The molecule has 0 radical (unpaired) electrons. The van der Waals surface area contributed by atoms with Crippen molar-refractivity contribution in [3.05, 3.63) is 53.5 Å². The fourth-order valence-corrected chi connectivity index (χ4v) is 1.83. The van der Waals surface area contributed by atoms with Gasteiger partial charge in [0.1, 0.15) is 5.76 Å². The number of anilines is 1. The molecule has 2 aromatic rings. The van der Waals surface area contributed by atoms with Crippen molar-refractivity contribution >= 4 is 17.4 Å². The van der Waals surface area contributed by atoms with E-state index in [-0.39, 0.29) is 11.7 Å². The molecule has 1 aromatic carbocycles. The monoisotopic (exact) mass is 257 g/mol. The van der Waals surface area contributed by atoms with Crippen LogP contribution in [0, 0.1) is 0 Å². The van der Waals surface area contributed by atoms with Crippen molar-refractivity contribution in [3.8, 4) is 0 Å². The second-order valence-electron chi connectivity index (χ2n) is 4.20. The molecule has 1 aromatic heterocycles. The number of aryl methyl sites for hydroxylation is 1. The van der Waals surface area contributed by atoms with E-state index in [0.29, 0.717) is 29.0 Å². The molecule has 19 heavy (non-hydrogen) atoms. The Morgan fingerprint density at radius 1 is 1.26 bits per heavy atom. The van der Waals surface area contributed by atoms with Crippen molar-refractivity contribution in [3.63, 3.8) is 0 Å². The van der Waals surface area contributed by atoms with E-state index in [4.69, 9.17) is 4.42 Å². The Morgan fingerprint density at radius 2 is 2.05 bits per heavy atom. The predicted octanol–water partition coefficient (Wildman–Crippen LogP) is 3.30. The minimum atomic E-state index is -0.230. The minimum absolute atomic E-state index is 0.0337. The van der Waals surface area contributed by atoms with Crippen LogP contribution in [-0.4, -0.2) is 11.7 Å². The summed E-state index contributed by atoms with van der Waals surface area (Å²) in [6.07, 6.45) is 2.16. The number of hydrogen-bond acceptors (Lipinski definition) is 3. The van der Waals surface area contributed by atoms with Crippen molar-refractivity contribution in [2.24, 2.45) is 0 Å². The van der Waals surface area contributed by atoms with E-state index in [0.717, 1.165) is 0 Å². The highest BCUT2D eigenvalue weighted by molar-refractivity contribution is 6.05. The van der Waals surface area contributed by atoms with Gasteiger partial charge in [-0.3, -0.25) is 9.59 Å². The molecule has 0 fully saturated rings. The SMILES string of the molecule is CCc1occc1C(=O)Nc1cccc(C(C)=O)c1. The fourth-order valence-electron chi connectivity index (χ4n) is 1.83. The number of nitrogens with one attached hydrogen (secondary N) is 1. The molecule has 0 spiro atoms. The van der Waals surface area contributed by atoms with Gasteiger partial charge in [-0.05, 0) is 25.1 Å². The molecular weight excluding hydrogens is 242 g/mol. The first-order valence-electron chi connectivity index (χ1n) is 6.10. The summed E-state index contributed by atoms with van der Waals surface area (Å²) < 4.78 is 5.22. The number of hydrogen-bond donors (Lipinski definition) is 1. The van der Waals surface area contributed by atoms with Crippen LogP contribution in [0.3, 0.4) is 0 Å². The number of rotatable bonds is 4. The maximum Gasteiger partial charge on any atom is 0.259 e. The Bertz CT molecular complexity index is 613. The molecule has 1 heterocycles. The van der Waals surface area contributed by atoms with Gasteiger partial charge in [0, 0.05) is 17.7 Å². The van der Waals surface area contributed by atoms with Gasteiger partial charge in [-0.25, -0.2) is 0 Å². The van der Waals surface area contributed by atoms with Gasteiger partial charge in [-0.15, -0.1) is 0 Å². The van der Waals surface area contributed by atoms with E-state index in [2.05, 4.69) is 5.32 Å². The largest absolute Gasteiger partial charge is 0.469 e. The number of carbonyl (C=O) groups excluding carboxylic acids is 2. The Labute approximate surface area is 111 Å². The highest BCUT2D eigenvalue weighted by Crippen LogP contribution is 2.16. The minimum Gasteiger partial charge on any atom is -0.469 e. The summed E-state index contributed by atoms with van der Waals surface area (Å²) in [5, 5.41) is 2.76. The summed E-state index contributed by atoms with van der Waals surface area (Å²) in [6, 6.07) is 8.50. The Kier molecular flexibility index (Phi) is 3.80. The summed E-state index contributed by atoms with van der Waals surface area (Å²) in [7, 11) is 0. The van der Waals surface area contributed by atoms with Crippen LogP contribution in [0.15, 0.2) is 41.0 Å². The van der Waals surface area contributed by atoms with E-state index >= 15 is 0 Å². The van der Waals surface area contributed by atoms with Gasteiger partial charge in [0.05, 0.1) is 11.8 Å². The van der Waals surface area contributed by atoms with Crippen LogP contribution in [0.4, 0.5) is 5.69 Å². The van der Waals surface area contributed by atoms with Gasteiger partial charge >= 0.3 is 0 Å². The summed E-state index contributed by atoms with van der Waals surface area (Å²) >= 11 is 0. The molecule has 0 aliphatic rings. The molecule has 0 bridgehead atoms. The van der Waals surface area contributed by atoms with Gasteiger partial charge in [0.25, 0.3) is 5.91 Å². The maximum atomic E-state index is 12.1. The number of amides is 1. The molecule has 2 rings (SSSR count). The van der Waals surface area contributed by atoms with E-state index < -0.39 is 0 Å². The van der Waals surface area contributed by atoms with Gasteiger partial charge < -0.3 is 9.73 Å². The summed E-state index contributed by atoms with van der Waals surface area (Å²) in [5.41, 5.74) is 1.69. The van der Waals surface area contributed by atoms with E-state index in [1.165, 1.54) is 13.2 Å². The van der Waals surface area contributed by atoms with E-state index in [9.17, 15) is 9.59 Å². The molecule has 0 unspecified atom stereocenters. The first-order valence-corrected chi connectivity index (χ1v) is 6.10. The lowest BCUT2D eigenvalue weighted by Gasteiger charge is -2.06. The lowest BCUT2D eigenvalue weighted by atomic mass is 10.1. The zero-order valence-corrected chi connectivity index (χ0v) is 10.9. The van der Waals surface area contributed by atoms with E-state index in [1.54, 1.807) is 30.3 Å². The first-order chi connectivity index (χ1) is 9.11. The van der Waals surface area contributed by atoms with Crippen molar-refractivity contribution < 1.29 is 14.0 Å². The molecule has 0 saturated heterocycles. The second kappa shape index (κ2) is 5.52. The molecule has 0 aliphatic carbocycles. The Balaban J connectivity index is 2.19. The van der Waals surface area contributed by atoms with Crippen LogP contribution in [0.1, 0.15) is 40.3 Å². The molecule has 4 heteroatoms. The smallest absolute Gasteiger partial charge is 0.259 e. The number of Topliss-reactive ketones (excluding diaryl/α,β-unsaturated/α-hetero) is 1. The molecule has 98 valence electrons. The van der Waals surface area contributed by atoms with Crippen LogP contribution >= 0.6 is 0 Å². The lowest BCUT2D eigenvalue weighted by Crippen LogP contribution is -2.13. The van der Waals surface area contributed by atoms with Crippen molar-refractivity contribution in [2.75, 3.05) is 5.32 Å². The molecular formula is C15H15NO3. The topological polar surface area (TPSA) is 59.3 Å². The Hall–Kier alpha value is -2.36. The average molecular weight is 257 g/mol. The highest BCUT2D eigenvalue weighted by atomic mass is 16.3. The number of benzene rings is 1. The van der Waals surface area contributed by atoms with Crippen molar-refractivity contribution in [2.45, 2.75) is 20.3 Å². The van der Waals surface area contributed by atoms with Crippen LogP contribution in [-0.2, 0) is 6.42 Å². The predicted molar refractivity (Wildman–Crippen MR) is 72.5 cm³/mol. The van der Waals surface area contributed by atoms with Gasteiger partial charge in [-0.2, -0.15) is 0 Å². The quantitative estimate of drug-likeness (QED) is 0.855. The van der Waals surface area contributed by atoms with Crippen molar-refractivity contribution in [1.29, 1.82) is 0 Å². The van der Waals surface area contributed by atoms with Crippen LogP contribution in [0.25, 0.3) is 0 Å². The van der Waals surface area contributed by atoms with Crippen molar-refractivity contribution in [1.82, 2.24) is 0 Å². The molecule has 4 nitrogen and oxygen atoms in total. The number of ketones is 1. The third-order valence-electron chi connectivity index (χ3n) is 2.84. The highest BCUT2D eigenvalue weighted by Gasteiger charge is 2.13. The standard InChI is InChI=1S/C15H15NO3/c1-3-14-13(7-8-19-14)15(18)16-12-6-4-5-11(9-12)10(2)17/h4-9H,3H2,1-2H3,(H,16,18). The zero-order valence-electron chi connectivity index (χ0n) is 10.9. The van der Waals surface area contributed by atoms with E-state index in [1.807, 2.05) is 6.92 Å². The average Bonchev–Trinajstić information content (AvgIpc) is 2.87. The molecule has 1 amide bonds. The summed E-state index contributed by atoms with van der Waals surface area (Å²) in [6.45, 7) is 3.41. The van der Waals surface area contributed by atoms with Gasteiger partial charge in [0.2, 0.25) is 0 Å². The van der Waals surface area contributed by atoms with Gasteiger partial charge in [-0.1, -0.05) is 19.1 Å². The normalized spacial score (nSPS) is 10.2. The molecule has 0 saturated carbocycles. The summed E-state index contributed by atoms with van der Waals surface area (Å²) in [5.74, 6) is 0.389. The third kappa shape index (κ3) is 2.91. The zero-order chi connectivity index (χ0) is 13.8. The lowest BCUT2D eigenvalue weighted by molar-refractivity contribution is 0.101. The van der Waals surface area contributed by atoms with Crippen LogP contribution in [0.5, 0.6) is 0 Å². The van der Waals surface area contributed by atoms with Gasteiger partial charge in [0.15, 0.2) is 5.78 Å². The first kappa shape index (κ1) is 13.1. The third-order valence-corrected chi connectivity index (χ3v) is 2.84. The molecule has 1 N–H and O–H groups in total. The van der Waals surface area contributed by atoms with Crippen LogP contribution in [0.2, 0.25) is 0 Å². The summed E-state index contributed by atoms with van der Waals surface area (Å²) in [4.78, 5) is 23.4. The Morgan fingerprint density at radius 3 is 2.74 bits per heavy atom. The number of carbonyl (C=O) groups is 2. The fraction of sp³-hybridized carbons (Fsp3) is 0.200. The molecule has 0 atom stereocenters.